The predicted octanol–water partition coefficient (Wildman–Crippen LogP) is 17.9. The number of furan rings is 1. The number of rotatable bonds is 6. The van der Waals surface area contributed by atoms with Gasteiger partial charge in [0.05, 0.1) is 11.1 Å². The molecule has 2 aromatic heterocycles. The average molecular weight is 820 g/mol. The van der Waals surface area contributed by atoms with Crippen LogP contribution in [0.5, 0.6) is 0 Å². The summed E-state index contributed by atoms with van der Waals surface area (Å²) in [7, 11) is 0. The maximum absolute atomic E-state index is 6.93. The second-order valence-corrected chi connectivity index (χ2v) is 17.4. The number of benzene rings is 11. The minimum Gasteiger partial charge on any atom is -0.455 e. The lowest BCUT2D eigenvalue weighted by molar-refractivity contribution is 0.670. The highest BCUT2D eigenvalue weighted by atomic mass is 32.1. The van der Waals surface area contributed by atoms with Gasteiger partial charge in [-0.05, 0) is 103 Å². The molecule has 0 saturated heterocycles. The van der Waals surface area contributed by atoms with E-state index in [0.717, 1.165) is 50.1 Å². The Morgan fingerprint density at radius 1 is 0.333 bits per heavy atom. The van der Waals surface area contributed by atoms with Crippen molar-refractivity contribution in [1.82, 2.24) is 0 Å². The number of nitrogens with zero attached hydrogens (tertiary/aromatic N) is 1. The molecule has 63 heavy (non-hydrogen) atoms. The summed E-state index contributed by atoms with van der Waals surface area (Å²) < 4.78 is 9.55. The number of anilines is 3. The Kier molecular flexibility index (Phi) is 8.12. The van der Waals surface area contributed by atoms with E-state index in [0.29, 0.717) is 0 Å². The normalized spacial score (nSPS) is 11.8. The van der Waals surface area contributed by atoms with Crippen molar-refractivity contribution >= 4 is 103 Å². The minimum absolute atomic E-state index is 0.869. The number of hydrogen-bond donors (Lipinski definition) is 0. The Balaban J connectivity index is 1.03. The van der Waals surface area contributed by atoms with E-state index in [9.17, 15) is 0 Å². The summed E-state index contributed by atoms with van der Waals surface area (Å²) in [5.74, 6) is 0. The molecule has 0 unspecified atom stereocenters. The lowest BCUT2D eigenvalue weighted by Gasteiger charge is -2.27. The molecule has 13 rings (SSSR count). The van der Waals surface area contributed by atoms with Crippen molar-refractivity contribution in [2.24, 2.45) is 0 Å². The van der Waals surface area contributed by atoms with Crippen molar-refractivity contribution in [3.63, 3.8) is 0 Å². The summed E-state index contributed by atoms with van der Waals surface area (Å²) >= 11 is 1.89. The van der Waals surface area contributed by atoms with Crippen molar-refractivity contribution in [3.8, 4) is 33.4 Å². The van der Waals surface area contributed by atoms with Gasteiger partial charge in [-0.1, -0.05) is 182 Å². The molecule has 0 atom stereocenters. The summed E-state index contributed by atoms with van der Waals surface area (Å²) in [6.45, 7) is 0. The summed E-state index contributed by atoms with van der Waals surface area (Å²) in [6, 6.07) is 81.6. The summed E-state index contributed by atoms with van der Waals surface area (Å²) in [5, 5.41) is 12.1. The summed E-state index contributed by atoms with van der Waals surface area (Å²) in [6.07, 6.45) is 0. The van der Waals surface area contributed by atoms with Crippen LogP contribution in [0.15, 0.2) is 229 Å². The molecule has 0 spiro atoms. The number of para-hydroxylation sites is 1. The topological polar surface area (TPSA) is 16.4 Å². The zero-order chi connectivity index (χ0) is 41.4. The van der Waals surface area contributed by atoms with Gasteiger partial charge in [0, 0.05) is 42.5 Å². The van der Waals surface area contributed by atoms with Crippen LogP contribution >= 0.6 is 11.3 Å². The number of thiophene rings is 1. The SMILES string of the molecule is c1ccc(-c2cccc3c2sc2c(-c4ccc(N(c5ccc6ccc7ccccc7c6c5)c5ccc(-c6cccc7ccccc67)c6oc7ccccc7c56)cc4)cccc23)cc1. The molecule has 0 bridgehead atoms. The van der Waals surface area contributed by atoms with Crippen molar-refractivity contribution in [2.75, 3.05) is 4.90 Å². The molecule has 13 aromatic rings. The van der Waals surface area contributed by atoms with Gasteiger partial charge in [0.1, 0.15) is 11.2 Å². The van der Waals surface area contributed by atoms with Crippen LogP contribution in [-0.2, 0) is 0 Å². The van der Waals surface area contributed by atoms with Crippen LogP contribution in [0.2, 0.25) is 0 Å². The first-order valence-corrected chi connectivity index (χ1v) is 22.3. The standard InChI is InChI=1S/C60H37NOS/c1-2-13-39(14-3-1)47-21-11-24-51-52-25-12-22-48(60(52)63-59(47)51)41-29-32-43(33-30-41)61(44-34-31-42-28-27-40-16-5-7-19-46(40)54(42)37-44)55-36-35-50(49-23-10-17-38-15-4-6-18-45(38)49)58-57(55)53-20-8-9-26-56(53)62-58/h1-37H. The van der Waals surface area contributed by atoms with Gasteiger partial charge in [-0.25, -0.2) is 0 Å². The van der Waals surface area contributed by atoms with Crippen LogP contribution in [0.25, 0.3) is 108 Å². The highest BCUT2D eigenvalue weighted by Gasteiger charge is 2.24. The molecule has 0 aliphatic rings. The van der Waals surface area contributed by atoms with E-state index in [-0.39, 0.29) is 0 Å². The molecule has 0 aliphatic carbocycles. The molecule has 0 aliphatic heterocycles. The summed E-state index contributed by atoms with van der Waals surface area (Å²) in [5.41, 5.74) is 12.1. The van der Waals surface area contributed by atoms with Crippen LogP contribution in [0.3, 0.4) is 0 Å². The smallest absolute Gasteiger partial charge is 0.145 e. The fourth-order valence-electron chi connectivity index (χ4n) is 9.91. The first-order chi connectivity index (χ1) is 31.2. The van der Waals surface area contributed by atoms with Crippen molar-refractivity contribution in [2.45, 2.75) is 0 Å². The zero-order valence-electron chi connectivity index (χ0n) is 34.1. The van der Waals surface area contributed by atoms with Crippen molar-refractivity contribution < 1.29 is 4.42 Å². The Labute approximate surface area is 368 Å². The molecule has 0 fully saturated rings. The Bertz CT molecular complexity index is 3910. The molecular weight excluding hydrogens is 783 g/mol. The molecule has 0 radical (unpaired) electrons. The van der Waals surface area contributed by atoms with Gasteiger partial charge < -0.3 is 9.32 Å². The van der Waals surface area contributed by atoms with Crippen LogP contribution in [-0.4, -0.2) is 0 Å². The minimum atomic E-state index is 0.869. The molecule has 294 valence electrons. The van der Waals surface area contributed by atoms with Crippen LogP contribution in [0.4, 0.5) is 17.1 Å². The van der Waals surface area contributed by atoms with Gasteiger partial charge in [0.2, 0.25) is 0 Å². The Morgan fingerprint density at radius 3 is 1.63 bits per heavy atom. The fourth-order valence-corrected chi connectivity index (χ4v) is 11.3. The number of hydrogen-bond acceptors (Lipinski definition) is 3. The van der Waals surface area contributed by atoms with E-state index in [1.165, 1.54) is 74.7 Å². The lowest BCUT2D eigenvalue weighted by atomic mass is 9.95. The first kappa shape index (κ1) is 35.7. The van der Waals surface area contributed by atoms with Gasteiger partial charge >= 0.3 is 0 Å². The maximum atomic E-state index is 6.93. The average Bonchev–Trinajstić information content (AvgIpc) is 3.94. The Hall–Kier alpha value is -7.98. The molecule has 0 N–H and O–H groups in total. The second-order valence-electron chi connectivity index (χ2n) is 16.4. The molecule has 2 nitrogen and oxygen atoms in total. The Morgan fingerprint density at radius 2 is 0.873 bits per heavy atom. The predicted molar refractivity (Wildman–Crippen MR) is 270 cm³/mol. The molecular formula is C60H37NOS. The van der Waals surface area contributed by atoms with E-state index >= 15 is 0 Å². The molecule has 0 saturated carbocycles. The van der Waals surface area contributed by atoms with Crippen molar-refractivity contribution in [3.05, 3.63) is 224 Å². The highest BCUT2D eigenvalue weighted by molar-refractivity contribution is 7.26. The van der Waals surface area contributed by atoms with E-state index in [1.807, 2.05) is 11.3 Å². The quantitative estimate of drug-likeness (QED) is 0.155. The molecule has 11 aromatic carbocycles. The number of fused-ring (bicyclic) bond motifs is 10. The monoisotopic (exact) mass is 819 g/mol. The largest absolute Gasteiger partial charge is 0.455 e. The van der Waals surface area contributed by atoms with Gasteiger partial charge in [-0.3, -0.25) is 0 Å². The van der Waals surface area contributed by atoms with E-state index in [1.54, 1.807) is 0 Å². The van der Waals surface area contributed by atoms with Crippen LogP contribution in [0.1, 0.15) is 0 Å². The first-order valence-electron chi connectivity index (χ1n) is 21.5. The van der Waals surface area contributed by atoms with E-state index < -0.39 is 0 Å². The lowest BCUT2D eigenvalue weighted by Crippen LogP contribution is -2.10. The van der Waals surface area contributed by atoms with Gasteiger partial charge in [-0.2, -0.15) is 0 Å². The van der Waals surface area contributed by atoms with Gasteiger partial charge in [0.25, 0.3) is 0 Å². The van der Waals surface area contributed by atoms with E-state index in [4.69, 9.17) is 4.42 Å². The fraction of sp³-hybridized carbons (Fsp3) is 0. The summed E-state index contributed by atoms with van der Waals surface area (Å²) in [4.78, 5) is 2.42. The maximum Gasteiger partial charge on any atom is 0.145 e. The third kappa shape index (κ3) is 5.71. The molecule has 3 heteroatoms. The molecule has 0 amide bonds. The van der Waals surface area contributed by atoms with Gasteiger partial charge in [0.15, 0.2) is 0 Å². The third-order valence-electron chi connectivity index (χ3n) is 12.9. The molecule has 2 heterocycles. The van der Waals surface area contributed by atoms with Crippen molar-refractivity contribution in [1.29, 1.82) is 0 Å². The van der Waals surface area contributed by atoms with Crippen LogP contribution in [0, 0.1) is 0 Å². The van der Waals surface area contributed by atoms with Crippen LogP contribution < -0.4 is 4.90 Å². The van der Waals surface area contributed by atoms with E-state index in [2.05, 4.69) is 229 Å². The highest BCUT2D eigenvalue weighted by Crippen LogP contribution is 2.49. The van der Waals surface area contributed by atoms with Gasteiger partial charge in [-0.15, -0.1) is 11.3 Å². The second kappa shape index (κ2) is 14.3. The zero-order valence-corrected chi connectivity index (χ0v) is 34.9. The third-order valence-corrected chi connectivity index (χ3v) is 14.1.